The van der Waals surface area contributed by atoms with Crippen molar-refractivity contribution < 1.29 is 13.9 Å². The van der Waals surface area contributed by atoms with Crippen molar-refractivity contribution in [3.05, 3.63) is 84.1 Å². The van der Waals surface area contributed by atoms with E-state index in [9.17, 15) is 13.9 Å². The summed E-state index contributed by atoms with van der Waals surface area (Å²) in [5.74, 6) is -1.14. The lowest BCUT2D eigenvalue weighted by atomic mass is 9.88. The Morgan fingerprint density at radius 2 is 1.91 bits per heavy atom. The molecule has 0 radical (unpaired) electrons. The predicted molar refractivity (Wildman–Crippen MR) is 128 cm³/mol. The fraction of sp³-hybridized carbons (Fsp3) is 0.308. The predicted octanol–water partition coefficient (Wildman–Crippen LogP) is 5.15. The molecule has 3 unspecified atom stereocenters. The fourth-order valence-electron chi connectivity index (χ4n) is 4.06. The summed E-state index contributed by atoms with van der Waals surface area (Å²) < 4.78 is 28.3. The Morgan fingerprint density at radius 3 is 2.53 bits per heavy atom. The maximum Gasteiger partial charge on any atom is 0.147 e. The molecule has 0 spiro atoms. The molecular formula is C26H31F2N3O. The molecule has 4 N–H and O–H groups in total. The van der Waals surface area contributed by atoms with Gasteiger partial charge in [0.05, 0.1) is 17.3 Å². The third kappa shape index (κ3) is 4.92. The third-order valence-corrected chi connectivity index (χ3v) is 5.82. The van der Waals surface area contributed by atoms with Crippen LogP contribution in [0.2, 0.25) is 0 Å². The normalized spacial score (nSPS) is 14.2. The maximum absolute atomic E-state index is 14.8. The number of H-pyrrole nitrogens is 1. The van der Waals surface area contributed by atoms with E-state index in [0.29, 0.717) is 27.9 Å². The molecule has 0 aliphatic carbocycles. The molecule has 170 valence electrons. The minimum atomic E-state index is -0.936. The highest BCUT2D eigenvalue weighted by atomic mass is 19.1. The van der Waals surface area contributed by atoms with Crippen LogP contribution in [0, 0.1) is 18.6 Å². The summed E-state index contributed by atoms with van der Waals surface area (Å²) in [6.07, 6.45) is 1.64. The van der Waals surface area contributed by atoms with Crippen LogP contribution in [-0.2, 0) is 0 Å². The Hall–Kier alpha value is -2.96. The van der Waals surface area contributed by atoms with E-state index in [1.807, 2.05) is 27.0 Å². The number of rotatable bonds is 10. The van der Waals surface area contributed by atoms with E-state index < -0.39 is 12.0 Å². The Kier molecular flexibility index (Phi) is 7.48. The quantitative estimate of drug-likeness (QED) is 0.330. The Balaban J connectivity index is 2.03. The van der Waals surface area contributed by atoms with Gasteiger partial charge in [0.15, 0.2) is 0 Å². The van der Waals surface area contributed by atoms with Gasteiger partial charge in [-0.15, -0.1) is 6.58 Å². The third-order valence-electron chi connectivity index (χ3n) is 5.82. The average molecular weight is 440 g/mol. The first-order valence-corrected chi connectivity index (χ1v) is 10.7. The van der Waals surface area contributed by atoms with Crippen LogP contribution in [0.25, 0.3) is 22.2 Å². The lowest BCUT2D eigenvalue weighted by Gasteiger charge is -2.26. The van der Waals surface area contributed by atoms with Crippen LogP contribution < -0.4 is 10.6 Å². The molecule has 0 fully saturated rings. The Morgan fingerprint density at radius 1 is 1.22 bits per heavy atom. The number of aryl methyl sites for hydroxylation is 1. The second-order valence-corrected chi connectivity index (χ2v) is 8.23. The molecule has 3 atom stereocenters. The number of benzene rings is 2. The topological polar surface area (TPSA) is 60.1 Å². The molecule has 4 nitrogen and oxygen atoms in total. The van der Waals surface area contributed by atoms with E-state index in [0.717, 1.165) is 24.1 Å². The van der Waals surface area contributed by atoms with Crippen LogP contribution in [0.4, 0.5) is 8.78 Å². The first kappa shape index (κ1) is 23.7. The van der Waals surface area contributed by atoms with Gasteiger partial charge in [0.2, 0.25) is 0 Å². The van der Waals surface area contributed by atoms with Crippen LogP contribution in [-0.4, -0.2) is 35.8 Å². The zero-order valence-electron chi connectivity index (χ0n) is 18.8. The molecule has 0 bridgehead atoms. The van der Waals surface area contributed by atoms with Gasteiger partial charge >= 0.3 is 0 Å². The van der Waals surface area contributed by atoms with Gasteiger partial charge in [0.25, 0.3) is 0 Å². The van der Waals surface area contributed by atoms with Crippen molar-refractivity contribution in [3.63, 3.8) is 0 Å². The van der Waals surface area contributed by atoms with E-state index in [1.54, 1.807) is 18.2 Å². The van der Waals surface area contributed by atoms with E-state index >= 15 is 0 Å². The van der Waals surface area contributed by atoms with Gasteiger partial charge in [-0.2, -0.15) is 0 Å². The molecule has 0 amide bonds. The second-order valence-electron chi connectivity index (χ2n) is 8.23. The van der Waals surface area contributed by atoms with Crippen molar-refractivity contribution in [1.82, 2.24) is 15.6 Å². The van der Waals surface area contributed by atoms with Gasteiger partial charge in [-0.25, -0.2) is 8.78 Å². The second kappa shape index (κ2) is 10.1. The minimum absolute atomic E-state index is 0.0453. The lowest BCUT2D eigenvalue weighted by molar-refractivity contribution is 0.176. The molecule has 32 heavy (non-hydrogen) atoms. The molecule has 1 aromatic heterocycles. The highest BCUT2D eigenvalue weighted by Crippen LogP contribution is 2.39. The fourth-order valence-corrected chi connectivity index (χ4v) is 4.06. The molecule has 1 heterocycles. The van der Waals surface area contributed by atoms with Gasteiger partial charge < -0.3 is 20.7 Å². The highest BCUT2D eigenvalue weighted by Gasteiger charge is 2.27. The van der Waals surface area contributed by atoms with E-state index in [1.165, 1.54) is 18.2 Å². The van der Waals surface area contributed by atoms with Crippen molar-refractivity contribution in [2.24, 2.45) is 0 Å². The minimum Gasteiger partial charge on any atom is -0.386 e. The van der Waals surface area contributed by atoms with Crippen molar-refractivity contribution in [1.29, 1.82) is 0 Å². The SMILES string of the molecule is C=CC(CCNC)NC(=C)C(O)C(C)c1c(-c2ccc(F)cc2)[nH]c2c(F)cc(C)cc12. The van der Waals surface area contributed by atoms with E-state index in [4.69, 9.17) is 0 Å². The number of halogens is 2. The molecule has 0 aliphatic rings. The van der Waals surface area contributed by atoms with Gasteiger partial charge in [0.1, 0.15) is 11.6 Å². The van der Waals surface area contributed by atoms with Gasteiger partial charge in [-0.3, -0.25) is 0 Å². The number of hydrogen-bond acceptors (Lipinski definition) is 3. The van der Waals surface area contributed by atoms with Crippen LogP contribution >= 0.6 is 0 Å². The monoisotopic (exact) mass is 439 g/mol. The number of nitrogens with one attached hydrogen (secondary N) is 3. The number of aliphatic hydroxyl groups is 1. The lowest BCUT2D eigenvalue weighted by Crippen LogP contribution is -2.35. The Labute approximate surface area is 188 Å². The van der Waals surface area contributed by atoms with Crippen molar-refractivity contribution in [2.45, 2.75) is 38.3 Å². The number of hydrogen-bond donors (Lipinski definition) is 4. The summed E-state index contributed by atoms with van der Waals surface area (Å²) >= 11 is 0. The van der Waals surface area contributed by atoms with Gasteiger partial charge in [0, 0.05) is 23.0 Å². The summed E-state index contributed by atoms with van der Waals surface area (Å²) in [6.45, 7) is 12.4. The number of aromatic nitrogens is 1. The molecule has 0 saturated carbocycles. The van der Waals surface area contributed by atoms with Gasteiger partial charge in [-0.05, 0) is 80.0 Å². The average Bonchev–Trinajstić information content (AvgIpc) is 3.15. The van der Waals surface area contributed by atoms with Crippen LogP contribution in [0.15, 0.2) is 61.3 Å². The van der Waals surface area contributed by atoms with E-state index in [-0.39, 0.29) is 17.7 Å². The summed E-state index contributed by atoms with van der Waals surface area (Å²) in [5.41, 5.74) is 3.73. The molecule has 0 saturated heterocycles. The van der Waals surface area contributed by atoms with Crippen LogP contribution in [0.5, 0.6) is 0 Å². The molecule has 3 rings (SSSR count). The zero-order chi connectivity index (χ0) is 23.4. The molecule has 0 aliphatic heterocycles. The molecule has 2 aromatic carbocycles. The van der Waals surface area contributed by atoms with Crippen molar-refractivity contribution in [2.75, 3.05) is 13.6 Å². The summed E-state index contributed by atoms with van der Waals surface area (Å²) in [6, 6.07) is 9.34. The highest BCUT2D eigenvalue weighted by molar-refractivity contribution is 5.92. The molecular weight excluding hydrogens is 408 g/mol. The maximum atomic E-state index is 14.8. The number of aromatic amines is 1. The van der Waals surface area contributed by atoms with Crippen LogP contribution in [0.3, 0.4) is 0 Å². The summed E-state index contributed by atoms with van der Waals surface area (Å²) in [7, 11) is 1.88. The smallest absolute Gasteiger partial charge is 0.147 e. The zero-order valence-corrected chi connectivity index (χ0v) is 18.8. The molecule has 3 aromatic rings. The van der Waals surface area contributed by atoms with Gasteiger partial charge in [-0.1, -0.05) is 19.6 Å². The molecule has 6 heteroatoms. The van der Waals surface area contributed by atoms with Crippen molar-refractivity contribution in [3.8, 4) is 11.3 Å². The summed E-state index contributed by atoms with van der Waals surface area (Å²) in [4.78, 5) is 3.17. The van der Waals surface area contributed by atoms with Crippen LogP contribution in [0.1, 0.15) is 30.4 Å². The first-order valence-electron chi connectivity index (χ1n) is 10.7. The number of fused-ring (bicyclic) bond motifs is 1. The number of aliphatic hydroxyl groups excluding tert-OH is 1. The van der Waals surface area contributed by atoms with E-state index in [2.05, 4.69) is 28.8 Å². The standard InChI is InChI=1S/C26H31F2N3O/c1-6-20(11-12-29-5)30-17(4)26(32)16(3)23-21-13-15(2)14-22(28)25(21)31-24(23)18-7-9-19(27)10-8-18/h6-10,13-14,16,20,26,29-32H,1,4,11-12H2,2-3,5H3. The first-order chi connectivity index (χ1) is 15.3. The largest absolute Gasteiger partial charge is 0.386 e. The summed E-state index contributed by atoms with van der Waals surface area (Å²) in [5, 5.41) is 18.2. The van der Waals surface area contributed by atoms with Crippen molar-refractivity contribution >= 4 is 10.9 Å². The Bertz CT molecular complexity index is 1100.